The van der Waals surface area contributed by atoms with Gasteiger partial charge in [-0.05, 0) is 54.8 Å². The molecule has 0 aliphatic carbocycles. The van der Waals surface area contributed by atoms with Crippen molar-refractivity contribution < 1.29 is 4.79 Å². The third kappa shape index (κ3) is 4.35. The van der Waals surface area contributed by atoms with Gasteiger partial charge in [0.05, 0.1) is 0 Å². The lowest BCUT2D eigenvalue weighted by molar-refractivity contribution is -0.140. The van der Waals surface area contributed by atoms with Crippen molar-refractivity contribution >= 4 is 5.91 Å². The normalized spacial score (nSPS) is 30.0. The number of carbonyl (C=O) groups is 1. The number of likely N-dealkylation sites (tertiary alicyclic amines) is 1. The second-order valence-electron chi connectivity index (χ2n) is 10.5. The summed E-state index contributed by atoms with van der Waals surface area (Å²) in [5.41, 5.74) is 0.210. The zero-order valence-electron chi connectivity index (χ0n) is 18.2. The molecule has 1 aliphatic rings. The molecule has 1 fully saturated rings. The van der Waals surface area contributed by atoms with E-state index in [9.17, 15) is 4.79 Å². The topological polar surface area (TPSA) is 20.3 Å². The smallest absolute Gasteiger partial charge is 0.226 e. The van der Waals surface area contributed by atoms with Gasteiger partial charge in [-0.2, -0.15) is 0 Å². The molecule has 142 valence electrons. The second kappa shape index (κ2) is 7.79. The summed E-state index contributed by atoms with van der Waals surface area (Å²) in [4.78, 5) is 15.7. The van der Waals surface area contributed by atoms with Crippen molar-refractivity contribution in [2.24, 2.45) is 46.8 Å². The van der Waals surface area contributed by atoms with E-state index in [-0.39, 0.29) is 17.4 Å². The van der Waals surface area contributed by atoms with Crippen LogP contribution in [0, 0.1) is 46.8 Å². The monoisotopic (exact) mass is 337 g/mol. The highest BCUT2D eigenvalue weighted by Gasteiger charge is 2.50. The SMILES string of the molecule is CC(C)C1C(=O)N(C(C)C)CC(C(C)(C)C)C(C(C)C)C1C(C)C. The van der Waals surface area contributed by atoms with E-state index in [1.165, 1.54) is 0 Å². The van der Waals surface area contributed by atoms with Gasteiger partial charge in [0.1, 0.15) is 0 Å². The Morgan fingerprint density at radius 1 is 0.833 bits per heavy atom. The summed E-state index contributed by atoms with van der Waals surface area (Å²) in [7, 11) is 0. The summed E-state index contributed by atoms with van der Waals surface area (Å²) < 4.78 is 0. The van der Waals surface area contributed by atoms with E-state index in [0.29, 0.717) is 41.4 Å². The molecular formula is C22H43NO. The maximum absolute atomic E-state index is 13.5. The highest BCUT2D eigenvalue weighted by Crippen LogP contribution is 2.49. The van der Waals surface area contributed by atoms with Gasteiger partial charge in [-0.3, -0.25) is 4.79 Å². The molecule has 0 spiro atoms. The van der Waals surface area contributed by atoms with Crippen molar-refractivity contribution in [3.8, 4) is 0 Å². The minimum Gasteiger partial charge on any atom is -0.340 e. The Bertz CT molecular complexity index is 416. The number of rotatable bonds is 4. The molecule has 1 amide bonds. The predicted molar refractivity (Wildman–Crippen MR) is 105 cm³/mol. The van der Waals surface area contributed by atoms with E-state index in [4.69, 9.17) is 0 Å². The maximum atomic E-state index is 13.5. The molecule has 0 aromatic heterocycles. The van der Waals surface area contributed by atoms with Gasteiger partial charge < -0.3 is 4.90 Å². The number of carbonyl (C=O) groups excluding carboxylic acids is 1. The Labute approximate surface area is 151 Å². The van der Waals surface area contributed by atoms with Crippen LogP contribution in [-0.2, 0) is 4.79 Å². The summed E-state index contributed by atoms with van der Waals surface area (Å²) >= 11 is 0. The van der Waals surface area contributed by atoms with E-state index in [1.807, 2.05) is 0 Å². The molecule has 2 heteroatoms. The van der Waals surface area contributed by atoms with Crippen molar-refractivity contribution in [1.29, 1.82) is 0 Å². The summed E-state index contributed by atoms with van der Waals surface area (Å²) in [6, 6.07) is 0.280. The van der Waals surface area contributed by atoms with Gasteiger partial charge in [-0.1, -0.05) is 62.3 Å². The van der Waals surface area contributed by atoms with Crippen LogP contribution in [0.4, 0.5) is 0 Å². The number of amides is 1. The molecule has 0 saturated carbocycles. The Morgan fingerprint density at radius 2 is 1.29 bits per heavy atom. The first kappa shape index (κ1) is 21.5. The van der Waals surface area contributed by atoms with E-state index in [2.05, 4.69) is 81.1 Å². The van der Waals surface area contributed by atoms with E-state index < -0.39 is 0 Å². The molecule has 0 bridgehead atoms. The summed E-state index contributed by atoms with van der Waals surface area (Å²) in [6.07, 6.45) is 0. The molecule has 1 aliphatic heterocycles. The maximum Gasteiger partial charge on any atom is 0.226 e. The van der Waals surface area contributed by atoms with Crippen LogP contribution < -0.4 is 0 Å². The Kier molecular flexibility index (Phi) is 6.98. The van der Waals surface area contributed by atoms with Crippen molar-refractivity contribution in [3.05, 3.63) is 0 Å². The Hall–Kier alpha value is -0.530. The van der Waals surface area contributed by atoms with Gasteiger partial charge in [-0.25, -0.2) is 0 Å². The second-order valence-corrected chi connectivity index (χ2v) is 10.5. The lowest BCUT2D eigenvalue weighted by Crippen LogP contribution is -2.45. The van der Waals surface area contributed by atoms with Crippen LogP contribution in [0.3, 0.4) is 0 Å². The van der Waals surface area contributed by atoms with Crippen LogP contribution >= 0.6 is 0 Å². The zero-order valence-corrected chi connectivity index (χ0v) is 18.2. The van der Waals surface area contributed by atoms with Gasteiger partial charge in [-0.15, -0.1) is 0 Å². The number of hydrogen-bond donors (Lipinski definition) is 0. The molecule has 1 heterocycles. The van der Waals surface area contributed by atoms with Crippen molar-refractivity contribution in [2.75, 3.05) is 6.54 Å². The van der Waals surface area contributed by atoms with Crippen LogP contribution in [-0.4, -0.2) is 23.4 Å². The molecule has 4 atom stereocenters. The van der Waals surface area contributed by atoms with E-state index in [1.54, 1.807) is 0 Å². The van der Waals surface area contributed by atoms with Crippen molar-refractivity contribution in [3.63, 3.8) is 0 Å². The predicted octanol–water partition coefficient (Wildman–Crippen LogP) is 5.72. The first-order valence-electron chi connectivity index (χ1n) is 10.1. The van der Waals surface area contributed by atoms with Gasteiger partial charge in [0.2, 0.25) is 5.91 Å². The number of nitrogens with zero attached hydrogens (tertiary/aromatic N) is 1. The van der Waals surface area contributed by atoms with Gasteiger partial charge >= 0.3 is 0 Å². The molecule has 1 saturated heterocycles. The molecule has 0 N–H and O–H groups in total. The lowest BCUT2D eigenvalue weighted by atomic mass is 9.59. The van der Waals surface area contributed by atoms with E-state index >= 15 is 0 Å². The molecule has 24 heavy (non-hydrogen) atoms. The van der Waals surface area contributed by atoms with Crippen LogP contribution in [0.15, 0.2) is 0 Å². The lowest BCUT2D eigenvalue weighted by Gasteiger charge is -2.45. The van der Waals surface area contributed by atoms with Crippen LogP contribution in [0.1, 0.15) is 76.2 Å². The average Bonchev–Trinajstić information content (AvgIpc) is 2.51. The van der Waals surface area contributed by atoms with E-state index in [0.717, 1.165) is 6.54 Å². The molecule has 0 aromatic rings. The third-order valence-electron chi connectivity index (χ3n) is 6.28. The summed E-state index contributed by atoms with van der Waals surface area (Å²) in [6.45, 7) is 26.2. The minimum absolute atomic E-state index is 0.146. The van der Waals surface area contributed by atoms with Crippen LogP contribution in [0.25, 0.3) is 0 Å². The van der Waals surface area contributed by atoms with Gasteiger partial charge in [0.25, 0.3) is 0 Å². The fourth-order valence-corrected chi connectivity index (χ4v) is 5.10. The highest BCUT2D eigenvalue weighted by atomic mass is 16.2. The van der Waals surface area contributed by atoms with Crippen LogP contribution in [0.2, 0.25) is 0 Å². The first-order valence-corrected chi connectivity index (χ1v) is 10.1. The van der Waals surface area contributed by atoms with Gasteiger partial charge in [0.15, 0.2) is 0 Å². The molecule has 2 nitrogen and oxygen atoms in total. The third-order valence-corrected chi connectivity index (χ3v) is 6.28. The minimum atomic E-state index is 0.146. The van der Waals surface area contributed by atoms with Crippen molar-refractivity contribution in [1.82, 2.24) is 4.90 Å². The molecule has 4 unspecified atom stereocenters. The Morgan fingerprint density at radius 3 is 1.58 bits per heavy atom. The molecule has 1 rings (SSSR count). The first-order chi connectivity index (χ1) is 10.8. The summed E-state index contributed by atoms with van der Waals surface area (Å²) in [5, 5.41) is 0. The van der Waals surface area contributed by atoms with Gasteiger partial charge in [0, 0.05) is 18.5 Å². The fraction of sp³-hybridized carbons (Fsp3) is 0.955. The Balaban J connectivity index is 3.57. The quantitative estimate of drug-likeness (QED) is 0.643. The molecule has 0 radical (unpaired) electrons. The standard InChI is InChI=1S/C22H43NO/c1-13(2)18-17(22(9,10)11)12-23(16(7)8)21(24)20(15(5)6)19(18)14(3)4/h13-20H,12H2,1-11H3. The highest BCUT2D eigenvalue weighted by molar-refractivity contribution is 5.80. The molecule has 0 aromatic carbocycles. The summed E-state index contributed by atoms with van der Waals surface area (Å²) in [5.74, 6) is 3.67. The van der Waals surface area contributed by atoms with Crippen LogP contribution in [0.5, 0.6) is 0 Å². The zero-order chi connectivity index (χ0) is 19.0. The average molecular weight is 338 g/mol. The fourth-order valence-electron chi connectivity index (χ4n) is 5.10. The largest absolute Gasteiger partial charge is 0.340 e. The number of hydrogen-bond acceptors (Lipinski definition) is 1. The van der Waals surface area contributed by atoms with Crippen molar-refractivity contribution in [2.45, 2.75) is 82.2 Å². The molecular weight excluding hydrogens is 294 g/mol.